The van der Waals surface area contributed by atoms with Gasteiger partial charge in [0, 0.05) is 29.9 Å². The van der Waals surface area contributed by atoms with Crippen LogP contribution in [0.15, 0.2) is 36.5 Å². The Hall–Kier alpha value is -2.93. The van der Waals surface area contributed by atoms with E-state index >= 15 is 0 Å². The fourth-order valence-corrected chi connectivity index (χ4v) is 2.95. The molecule has 1 amide bonds. The molecule has 0 saturated heterocycles. The van der Waals surface area contributed by atoms with E-state index in [1.54, 1.807) is 6.20 Å². The highest BCUT2D eigenvalue weighted by atomic mass is 16.1. The van der Waals surface area contributed by atoms with Gasteiger partial charge in [0.05, 0.1) is 17.3 Å². The number of fused-ring (bicyclic) bond motifs is 1. The maximum atomic E-state index is 12.7. The van der Waals surface area contributed by atoms with Crippen molar-refractivity contribution in [2.45, 2.75) is 20.8 Å². The van der Waals surface area contributed by atoms with Crippen LogP contribution in [0.2, 0.25) is 0 Å². The number of aromatic nitrogens is 3. The second-order valence-corrected chi connectivity index (χ2v) is 6.43. The van der Waals surface area contributed by atoms with Crippen molar-refractivity contribution in [3.63, 3.8) is 0 Å². The van der Waals surface area contributed by atoms with Gasteiger partial charge < -0.3 is 15.5 Å². The van der Waals surface area contributed by atoms with Gasteiger partial charge in [0.25, 0.3) is 5.91 Å². The van der Waals surface area contributed by atoms with E-state index in [2.05, 4.69) is 44.6 Å². The molecule has 3 N–H and O–H groups in total. The van der Waals surface area contributed by atoms with Gasteiger partial charge in [0.1, 0.15) is 5.82 Å². The number of pyridine rings is 1. The third-order valence-electron chi connectivity index (χ3n) is 4.59. The number of nitrogens with one attached hydrogen (secondary N) is 3. The molecule has 7 nitrogen and oxygen atoms in total. The fraction of sp³-hybridized carbons (Fsp3) is 0.350. The van der Waals surface area contributed by atoms with Crippen LogP contribution in [0.4, 0.5) is 11.5 Å². The lowest BCUT2D eigenvalue weighted by Gasteiger charge is -2.18. The Bertz CT molecular complexity index is 916. The summed E-state index contributed by atoms with van der Waals surface area (Å²) in [6.07, 6.45) is 1.78. The van der Waals surface area contributed by atoms with E-state index in [-0.39, 0.29) is 5.91 Å². The van der Waals surface area contributed by atoms with Crippen LogP contribution >= 0.6 is 0 Å². The quantitative estimate of drug-likeness (QED) is 0.570. The Kier molecular flexibility index (Phi) is 6.03. The van der Waals surface area contributed by atoms with E-state index in [4.69, 9.17) is 0 Å². The number of nitrogens with zero attached hydrogens (tertiary/aromatic N) is 3. The van der Waals surface area contributed by atoms with E-state index in [9.17, 15) is 4.79 Å². The van der Waals surface area contributed by atoms with Crippen molar-refractivity contribution in [1.82, 2.24) is 25.4 Å². The Labute approximate surface area is 159 Å². The molecule has 0 unspecified atom stereocenters. The summed E-state index contributed by atoms with van der Waals surface area (Å²) in [6.45, 7) is 9.53. The maximum absolute atomic E-state index is 12.7. The number of aromatic amines is 1. The Morgan fingerprint density at radius 2 is 2.00 bits per heavy atom. The van der Waals surface area contributed by atoms with Crippen LogP contribution in [0, 0.1) is 6.92 Å². The lowest BCUT2D eigenvalue weighted by atomic mass is 10.2. The molecule has 3 rings (SSSR count). The van der Waals surface area contributed by atoms with Crippen molar-refractivity contribution in [2.24, 2.45) is 0 Å². The standard InChI is InChI=1S/C20H26N6O/c1-4-26(5-2)11-10-21-20(27)17-9-6-14(3)23-19(17)24-16-8-7-15-13-22-25-18(15)12-16/h6-9,12-13H,4-5,10-11H2,1-3H3,(H,21,27)(H,22,25)(H,23,24). The second-order valence-electron chi connectivity index (χ2n) is 6.43. The number of rotatable bonds is 8. The van der Waals surface area contributed by atoms with Gasteiger partial charge in [-0.1, -0.05) is 13.8 Å². The summed E-state index contributed by atoms with van der Waals surface area (Å²) in [4.78, 5) is 19.5. The van der Waals surface area contributed by atoms with Crippen molar-refractivity contribution in [1.29, 1.82) is 0 Å². The van der Waals surface area contributed by atoms with Crippen molar-refractivity contribution in [2.75, 3.05) is 31.5 Å². The average Bonchev–Trinajstić information content (AvgIpc) is 3.13. The van der Waals surface area contributed by atoms with E-state index in [1.165, 1.54) is 0 Å². The third-order valence-corrected chi connectivity index (χ3v) is 4.59. The number of H-pyrrole nitrogens is 1. The summed E-state index contributed by atoms with van der Waals surface area (Å²) < 4.78 is 0. The molecular weight excluding hydrogens is 340 g/mol. The highest BCUT2D eigenvalue weighted by molar-refractivity contribution is 5.99. The molecule has 0 atom stereocenters. The molecular formula is C20H26N6O. The molecule has 27 heavy (non-hydrogen) atoms. The maximum Gasteiger partial charge on any atom is 0.255 e. The summed E-state index contributed by atoms with van der Waals surface area (Å²) >= 11 is 0. The number of carbonyl (C=O) groups excluding carboxylic acids is 1. The highest BCUT2D eigenvalue weighted by Crippen LogP contribution is 2.22. The molecule has 0 aliphatic carbocycles. The number of anilines is 2. The molecule has 1 aromatic carbocycles. The molecule has 0 aliphatic heterocycles. The molecule has 0 bridgehead atoms. The van der Waals surface area contributed by atoms with Crippen LogP contribution in [0.1, 0.15) is 29.9 Å². The summed E-state index contributed by atoms with van der Waals surface area (Å²) in [5.74, 6) is 0.425. The van der Waals surface area contributed by atoms with Gasteiger partial charge in [-0.05, 0) is 50.3 Å². The molecule has 0 radical (unpaired) electrons. The lowest BCUT2D eigenvalue weighted by Crippen LogP contribution is -2.35. The van der Waals surface area contributed by atoms with Crippen molar-refractivity contribution >= 4 is 28.3 Å². The monoisotopic (exact) mass is 366 g/mol. The largest absolute Gasteiger partial charge is 0.351 e. The fourth-order valence-electron chi connectivity index (χ4n) is 2.95. The van der Waals surface area contributed by atoms with Crippen molar-refractivity contribution < 1.29 is 4.79 Å². The van der Waals surface area contributed by atoms with Crippen LogP contribution in [0.3, 0.4) is 0 Å². The molecule has 7 heteroatoms. The number of likely N-dealkylation sites (N-methyl/N-ethyl adjacent to an activating group) is 1. The summed E-state index contributed by atoms with van der Waals surface area (Å²) in [5, 5.41) is 14.3. The molecule has 3 aromatic rings. The molecule has 2 aromatic heterocycles. The van der Waals surface area contributed by atoms with Gasteiger partial charge in [-0.25, -0.2) is 4.98 Å². The van der Waals surface area contributed by atoms with Crippen molar-refractivity contribution in [3.05, 3.63) is 47.8 Å². The average molecular weight is 366 g/mol. The molecule has 0 fully saturated rings. The first-order valence-corrected chi connectivity index (χ1v) is 9.29. The Morgan fingerprint density at radius 3 is 2.78 bits per heavy atom. The molecule has 2 heterocycles. The van der Waals surface area contributed by atoms with E-state index in [0.717, 1.165) is 41.9 Å². The van der Waals surface area contributed by atoms with Gasteiger partial charge in [-0.3, -0.25) is 9.89 Å². The van der Waals surface area contributed by atoms with Crippen LogP contribution in [-0.4, -0.2) is 52.2 Å². The minimum absolute atomic E-state index is 0.125. The van der Waals surface area contributed by atoms with Crippen LogP contribution in [-0.2, 0) is 0 Å². The molecule has 0 spiro atoms. The van der Waals surface area contributed by atoms with Crippen molar-refractivity contribution in [3.8, 4) is 0 Å². The topological polar surface area (TPSA) is 85.9 Å². The SMILES string of the molecule is CCN(CC)CCNC(=O)c1ccc(C)nc1Nc1ccc2cn[nH]c2c1. The zero-order valence-electron chi connectivity index (χ0n) is 16.0. The minimum atomic E-state index is -0.125. The molecule has 142 valence electrons. The number of amides is 1. The summed E-state index contributed by atoms with van der Waals surface area (Å²) in [7, 11) is 0. The third kappa shape index (κ3) is 4.62. The predicted molar refractivity (Wildman–Crippen MR) is 108 cm³/mol. The number of hydrogen-bond acceptors (Lipinski definition) is 5. The highest BCUT2D eigenvalue weighted by Gasteiger charge is 2.14. The normalized spacial score (nSPS) is 11.1. The number of hydrogen-bond donors (Lipinski definition) is 3. The smallest absolute Gasteiger partial charge is 0.255 e. The Balaban J connectivity index is 1.75. The number of carbonyl (C=O) groups is 1. The zero-order chi connectivity index (χ0) is 19.2. The summed E-state index contributed by atoms with van der Waals surface area (Å²) in [5.41, 5.74) is 3.16. The van der Waals surface area contributed by atoms with Gasteiger partial charge >= 0.3 is 0 Å². The first kappa shape index (κ1) is 18.8. The lowest BCUT2D eigenvalue weighted by molar-refractivity contribution is 0.0949. The van der Waals surface area contributed by atoms with Gasteiger partial charge in [-0.2, -0.15) is 5.10 Å². The van der Waals surface area contributed by atoms with Gasteiger partial charge in [0.2, 0.25) is 0 Å². The van der Waals surface area contributed by atoms with E-state index in [1.807, 2.05) is 37.3 Å². The number of benzene rings is 1. The first-order valence-electron chi connectivity index (χ1n) is 9.29. The van der Waals surface area contributed by atoms with Gasteiger partial charge in [0.15, 0.2) is 0 Å². The van der Waals surface area contributed by atoms with Gasteiger partial charge in [-0.15, -0.1) is 0 Å². The molecule has 0 aliphatic rings. The van der Waals surface area contributed by atoms with E-state index < -0.39 is 0 Å². The zero-order valence-corrected chi connectivity index (χ0v) is 16.0. The van der Waals surface area contributed by atoms with Crippen LogP contribution in [0.5, 0.6) is 0 Å². The predicted octanol–water partition coefficient (Wildman–Crippen LogP) is 3.08. The number of aryl methyl sites for hydroxylation is 1. The van der Waals surface area contributed by atoms with Crippen LogP contribution < -0.4 is 10.6 Å². The molecule has 0 saturated carbocycles. The first-order chi connectivity index (χ1) is 13.1. The van der Waals surface area contributed by atoms with Crippen LogP contribution in [0.25, 0.3) is 10.9 Å². The minimum Gasteiger partial charge on any atom is -0.351 e. The summed E-state index contributed by atoms with van der Waals surface area (Å²) in [6, 6.07) is 9.54. The second kappa shape index (κ2) is 8.64. The van der Waals surface area contributed by atoms with E-state index in [0.29, 0.717) is 17.9 Å². The Morgan fingerprint density at radius 1 is 1.19 bits per heavy atom.